The summed E-state index contributed by atoms with van der Waals surface area (Å²) in [5.41, 5.74) is 0.234. The van der Waals surface area contributed by atoms with Crippen LogP contribution in [-0.2, 0) is 0 Å². The molecule has 0 spiro atoms. The minimum atomic E-state index is -0.589. The second-order valence-electron chi connectivity index (χ2n) is 2.65. The van der Waals surface area contributed by atoms with Crippen LogP contribution in [0.5, 0.6) is 5.75 Å². The standard InChI is InChI=1S/C9H4FNO2/c10-6-1-5(3-11)9-7(2-6)8(12)4-13-9/h1-2H,4H2. The Labute approximate surface area is 73.4 Å². The van der Waals surface area contributed by atoms with Crippen LogP contribution < -0.4 is 4.74 Å². The van der Waals surface area contributed by atoms with Crippen LogP contribution in [0.15, 0.2) is 12.1 Å². The summed E-state index contributed by atoms with van der Waals surface area (Å²) in [6, 6.07) is 3.91. The Morgan fingerprint density at radius 1 is 1.54 bits per heavy atom. The maximum absolute atomic E-state index is 12.8. The fourth-order valence-corrected chi connectivity index (χ4v) is 1.25. The van der Waals surface area contributed by atoms with E-state index in [1.165, 1.54) is 0 Å². The molecular formula is C9H4FNO2. The van der Waals surface area contributed by atoms with Gasteiger partial charge in [0.05, 0.1) is 11.1 Å². The SMILES string of the molecule is N#Cc1cc(F)cc2c1OCC2=O. The molecule has 1 aliphatic heterocycles. The lowest BCUT2D eigenvalue weighted by Gasteiger charge is -1.99. The van der Waals surface area contributed by atoms with Gasteiger partial charge < -0.3 is 4.74 Å². The summed E-state index contributed by atoms with van der Waals surface area (Å²) in [6.07, 6.45) is 0. The molecule has 1 heterocycles. The third-order valence-electron chi connectivity index (χ3n) is 1.82. The van der Waals surface area contributed by atoms with E-state index < -0.39 is 5.82 Å². The molecule has 64 valence electrons. The van der Waals surface area contributed by atoms with Crippen molar-refractivity contribution in [2.45, 2.75) is 0 Å². The third kappa shape index (κ3) is 1.05. The lowest BCUT2D eigenvalue weighted by molar-refractivity contribution is 0.0961. The van der Waals surface area contributed by atoms with Crippen molar-refractivity contribution in [2.24, 2.45) is 0 Å². The van der Waals surface area contributed by atoms with Gasteiger partial charge in [0.1, 0.15) is 17.6 Å². The summed E-state index contributed by atoms with van der Waals surface area (Å²) in [5, 5.41) is 8.60. The van der Waals surface area contributed by atoms with Crippen molar-refractivity contribution in [3.8, 4) is 11.8 Å². The van der Waals surface area contributed by atoms with Crippen LogP contribution in [0.1, 0.15) is 15.9 Å². The first kappa shape index (κ1) is 7.74. The van der Waals surface area contributed by atoms with Crippen LogP contribution in [0.3, 0.4) is 0 Å². The molecule has 0 aliphatic carbocycles. The van der Waals surface area contributed by atoms with Crippen molar-refractivity contribution >= 4 is 5.78 Å². The van der Waals surface area contributed by atoms with Crippen LogP contribution >= 0.6 is 0 Å². The number of fused-ring (bicyclic) bond motifs is 1. The molecule has 0 aromatic heterocycles. The maximum Gasteiger partial charge on any atom is 0.204 e. The molecule has 0 saturated carbocycles. The monoisotopic (exact) mass is 177 g/mol. The lowest BCUT2D eigenvalue weighted by atomic mass is 10.1. The summed E-state index contributed by atoms with van der Waals surface area (Å²) in [7, 11) is 0. The average molecular weight is 177 g/mol. The van der Waals surface area contributed by atoms with Crippen LogP contribution in [-0.4, -0.2) is 12.4 Å². The van der Waals surface area contributed by atoms with E-state index in [0.29, 0.717) is 0 Å². The summed E-state index contributed by atoms with van der Waals surface area (Å²) in [5.74, 6) is -0.672. The Morgan fingerprint density at radius 3 is 3.00 bits per heavy atom. The molecule has 0 N–H and O–H groups in total. The van der Waals surface area contributed by atoms with Crippen molar-refractivity contribution in [1.29, 1.82) is 5.26 Å². The average Bonchev–Trinajstić information content (AvgIpc) is 2.47. The lowest BCUT2D eigenvalue weighted by Crippen LogP contribution is -1.98. The van der Waals surface area contributed by atoms with Crippen LogP contribution in [0.4, 0.5) is 4.39 Å². The molecule has 0 amide bonds. The van der Waals surface area contributed by atoms with Gasteiger partial charge in [-0.3, -0.25) is 4.79 Å². The predicted octanol–water partition coefficient (Wildman–Crippen LogP) is 1.27. The number of hydrogen-bond acceptors (Lipinski definition) is 3. The molecule has 0 radical (unpaired) electrons. The number of benzene rings is 1. The number of halogens is 1. The van der Waals surface area contributed by atoms with Gasteiger partial charge in [0.25, 0.3) is 0 Å². The zero-order valence-electron chi connectivity index (χ0n) is 6.50. The minimum absolute atomic E-state index is 0.0702. The molecule has 0 saturated heterocycles. The summed E-state index contributed by atoms with van der Waals surface area (Å²) in [4.78, 5) is 11.1. The van der Waals surface area contributed by atoms with Gasteiger partial charge in [-0.25, -0.2) is 4.39 Å². The molecule has 0 unspecified atom stereocenters. The second kappa shape index (κ2) is 2.56. The predicted molar refractivity (Wildman–Crippen MR) is 40.9 cm³/mol. The topological polar surface area (TPSA) is 50.1 Å². The van der Waals surface area contributed by atoms with Crippen molar-refractivity contribution < 1.29 is 13.9 Å². The molecule has 0 bridgehead atoms. The minimum Gasteiger partial charge on any atom is -0.483 e. The smallest absolute Gasteiger partial charge is 0.204 e. The van der Waals surface area contributed by atoms with Gasteiger partial charge in [0.2, 0.25) is 5.78 Å². The molecule has 0 fully saturated rings. The highest BCUT2D eigenvalue weighted by atomic mass is 19.1. The highest BCUT2D eigenvalue weighted by molar-refractivity contribution is 6.02. The Kier molecular flexibility index (Phi) is 1.52. The molecule has 4 heteroatoms. The van der Waals surface area contributed by atoms with Crippen LogP contribution in [0, 0.1) is 17.1 Å². The fourth-order valence-electron chi connectivity index (χ4n) is 1.25. The Hall–Kier alpha value is -1.89. The first-order valence-corrected chi connectivity index (χ1v) is 3.62. The van der Waals surface area contributed by atoms with E-state index in [4.69, 9.17) is 10.00 Å². The number of rotatable bonds is 0. The van der Waals surface area contributed by atoms with Crippen molar-refractivity contribution in [1.82, 2.24) is 0 Å². The van der Waals surface area contributed by atoms with E-state index in [0.717, 1.165) is 12.1 Å². The number of Topliss-reactive ketones (excluding diaryl/α,β-unsaturated/α-hetero) is 1. The molecular weight excluding hydrogens is 173 g/mol. The molecule has 1 aromatic rings. The van der Waals surface area contributed by atoms with Gasteiger partial charge >= 0.3 is 0 Å². The quantitative estimate of drug-likeness (QED) is 0.599. The highest BCUT2D eigenvalue weighted by Gasteiger charge is 2.25. The second-order valence-corrected chi connectivity index (χ2v) is 2.65. The molecule has 3 nitrogen and oxygen atoms in total. The highest BCUT2D eigenvalue weighted by Crippen LogP contribution is 2.29. The van der Waals surface area contributed by atoms with E-state index >= 15 is 0 Å². The van der Waals surface area contributed by atoms with Crippen molar-refractivity contribution in [3.05, 3.63) is 29.1 Å². The summed E-state index contributed by atoms with van der Waals surface area (Å²) in [6.45, 7) is -0.104. The van der Waals surface area contributed by atoms with E-state index in [1.807, 2.05) is 0 Å². The van der Waals surface area contributed by atoms with Gasteiger partial charge in [0.15, 0.2) is 6.61 Å². The number of ether oxygens (including phenoxy) is 1. The van der Waals surface area contributed by atoms with Gasteiger partial charge in [0, 0.05) is 0 Å². The molecule has 2 rings (SSSR count). The molecule has 13 heavy (non-hydrogen) atoms. The van der Waals surface area contributed by atoms with E-state index in [2.05, 4.69) is 0 Å². The van der Waals surface area contributed by atoms with E-state index in [1.54, 1.807) is 6.07 Å². The van der Waals surface area contributed by atoms with E-state index in [-0.39, 0.29) is 29.3 Å². The maximum atomic E-state index is 12.8. The molecule has 1 aromatic carbocycles. The van der Waals surface area contributed by atoms with Gasteiger partial charge in [-0.1, -0.05) is 0 Å². The number of carbonyl (C=O) groups is 1. The first-order chi connectivity index (χ1) is 6.22. The number of ketones is 1. The van der Waals surface area contributed by atoms with Crippen LogP contribution in [0.25, 0.3) is 0 Å². The Balaban J connectivity index is 2.72. The fraction of sp³-hybridized carbons (Fsp3) is 0.111. The first-order valence-electron chi connectivity index (χ1n) is 3.62. The summed E-state index contributed by atoms with van der Waals surface area (Å²) < 4.78 is 17.8. The largest absolute Gasteiger partial charge is 0.483 e. The van der Waals surface area contributed by atoms with Gasteiger partial charge in [-0.05, 0) is 12.1 Å². The molecule has 0 atom stereocenters. The van der Waals surface area contributed by atoms with Crippen molar-refractivity contribution in [3.63, 3.8) is 0 Å². The number of hydrogen-bond donors (Lipinski definition) is 0. The summed E-state index contributed by atoms with van der Waals surface area (Å²) >= 11 is 0. The number of nitrogens with zero attached hydrogens (tertiary/aromatic N) is 1. The Bertz CT molecular complexity index is 434. The number of nitriles is 1. The normalized spacial score (nSPS) is 13.4. The van der Waals surface area contributed by atoms with Gasteiger partial charge in [-0.15, -0.1) is 0 Å². The molecule has 1 aliphatic rings. The zero-order chi connectivity index (χ0) is 9.42. The zero-order valence-corrected chi connectivity index (χ0v) is 6.50. The van der Waals surface area contributed by atoms with E-state index in [9.17, 15) is 9.18 Å². The van der Waals surface area contributed by atoms with Crippen molar-refractivity contribution in [2.75, 3.05) is 6.61 Å². The van der Waals surface area contributed by atoms with Gasteiger partial charge in [-0.2, -0.15) is 5.26 Å². The third-order valence-corrected chi connectivity index (χ3v) is 1.82. The van der Waals surface area contributed by atoms with Crippen LogP contribution in [0.2, 0.25) is 0 Å². The number of carbonyl (C=O) groups excluding carboxylic acids is 1. The Morgan fingerprint density at radius 2 is 2.31 bits per heavy atom.